The van der Waals surface area contributed by atoms with Crippen LogP contribution in [0.5, 0.6) is 0 Å². The molecule has 3 aromatic rings. The number of hydrogen-bond acceptors (Lipinski definition) is 5. The van der Waals surface area contributed by atoms with Crippen LogP contribution >= 0.6 is 11.3 Å². The number of carbonyl (C=O) groups excluding carboxylic acids is 1. The molecule has 4 rings (SSSR count). The zero-order valence-corrected chi connectivity index (χ0v) is 15.1. The Morgan fingerprint density at radius 3 is 2.96 bits per heavy atom. The van der Waals surface area contributed by atoms with Gasteiger partial charge in [-0.05, 0) is 38.0 Å². The fourth-order valence-electron chi connectivity index (χ4n) is 3.16. The molecular weight excluding hydrogens is 336 g/mol. The molecular formula is C18H20N4O2S. The molecule has 3 heterocycles. The van der Waals surface area contributed by atoms with Crippen molar-refractivity contribution < 1.29 is 9.53 Å². The van der Waals surface area contributed by atoms with Gasteiger partial charge in [0.15, 0.2) is 5.13 Å². The van der Waals surface area contributed by atoms with Gasteiger partial charge >= 0.3 is 0 Å². The highest BCUT2D eigenvalue weighted by Gasteiger charge is 2.28. The number of aromatic nitrogens is 3. The van der Waals surface area contributed by atoms with E-state index in [1.807, 2.05) is 37.3 Å². The number of carbonyl (C=O) groups is 1. The number of aryl methyl sites for hydroxylation is 2. The third kappa shape index (κ3) is 3.17. The van der Waals surface area contributed by atoms with E-state index in [1.54, 1.807) is 16.6 Å². The summed E-state index contributed by atoms with van der Waals surface area (Å²) in [6.07, 6.45) is 2.07. The van der Waals surface area contributed by atoms with Gasteiger partial charge in [0.25, 0.3) is 5.91 Å². The maximum absolute atomic E-state index is 13.2. The number of nitrogens with zero attached hydrogens (tertiary/aromatic N) is 4. The van der Waals surface area contributed by atoms with Crippen molar-refractivity contribution in [2.24, 2.45) is 7.05 Å². The lowest BCUT2D eigenvalue weighted by Crippen LogP contribution is -2.38. The number of hydrogen-bond donors (Lipinski definition) is 0. The second-order valence-corrected chi connectivity index (χ2v) is 7.32. The van der Waals surface area contributed by atoms with Crippen molar-refractivity contribution in [1.29, 1.82) is 0 Å². The van der Waals surface area contributed by atoms with E-state index in [1.165, 1.54) is 11.3 Å². The number of ether oxygens (including phenoxy) is 1. The fraction of sp³-hybridized carbons (Fsp3) is 0.389. The van der Waals surface area contributed by atoms with Crippen LogP contribution in [-0.2, 0) is 11.8 Å². The number of fused-ring (bicyclic) bond motifs is 1. The number of anilines is 1. The quantitative estimate of drug-likeness (QED) is 0.720. The van der Waals surface area contributed by atoms with Gasteiger partial charge in [0, 0.05) is 13.7 Å². The van der Waals surface area contributed by atoms with E-state index >= 15 is 0 Å². The molecule has 1 atom stereocenters. The monoisotopic (exact) mass is 356 g/mol. The zero-order valence-electron chi connectivity index (χ0n) is 14.3. The zero-order chi connectivity index (χ0) is 17.4. The Balaban J connectivity index is 1.72. The molecule has 1 unspecified atom stereocenters. The highest BCUT2D eigenvalue weighted by atomic mass is 32.1. The van der Waals surface area contributed by atoms with E-state index in [0.29, 0.717) is 17.4 Å². The van der Waals surface area contributed by atoms with Crippen molar-refractivity contribution in [2.75, 3.05) is 18.1 Å². The SMILES string of the molecule is Cc1cc(C(=O)N(CC2CCCO2)c2nc3ccccc3s2)n(C)n1. The molecule has 25 heavy (non-hydrogen) atoms. The lowest BCUT2D eigenvalue weighted by atomic mass is 10.2. The molecule has 1 saturated heterocycles. The maximum atomic E-state index is 13.2. The Morgan fingerprint density at radius 2 is 2.28 bits per heavy atom. The molecule has 1 amide bonds. The highest BCUT2D eigenvalue weighted by Crippen LogP contribution is 2.30. The summed E-state index contributed by atoms with van der Waals surface area (Å²) < 4.78 is 8.47. The minimum absolute atomic E-state index is 0.0605. The van der Waals surface area contributed by atoms with Crippen LogP contribution in [-0.4, -0.2) is 39.9 Å². The molecule has 1 aromatic carbocycles. The molecule has 0 N–H and O–H groups in total. The lowest BCUT2D eigenvalue weighted by molar-refractivity contribution is 0.0909. The molecule has 1 aliphatic heterocycles. The summed E-state index contributed by atoms with van der Waals surface area (Å²) in [7, 11) is 1.79. The average Bonchev–Trinajstić information content (AvgIpc) is 3.31. The Kier molecular flexibility index (Phi) is 4.27. The van der Waals surface area contributed by atoms with Crippen molar-refractivity contribution >= 4 is 32.6 Å². The summed E-state index contributed by atoms with van der Waals surface area (Å²) in [5.41, 5.74) is 2.30. The van der Waals surface area contributed by atoms with Crippen molar-refractivity contribution in [1.82, 2.24) is 14.8 Å². The van der Waals surface area contributed by atoms with E-state index < -0.39 is 0 Å². The molecule has 1 aliphatic rings. The van der Waals surface area contributed by atoms with Crippen molar-refractivity contribution in [2.45, 2.75) is 25.9 Å². The molecule has 0 spiro atoms. The van der Waals surface area contributed by atoms with Crippen LogP contribution in [0.4, 0.5) is 5.13 Å². The third-order valence-corrected chi connectivity index (χ3v) is 5.45. The Labute approximate surface area is 150 Å². The lowest BCUT2D eigenvalue weighted by Gasteiger charge is -2.22. The van der Waals surface area contributed by atoms with Crippen LogP contribution in [0.3, 0.4) is 0 Å². The van der Waals surface area contributed by atoms with E-state index in [0.717, 1.165) is 35.4 Å². The first-order valence-electron chi connectivity index (χ1n) is 8.41. The first-order chi connectivity index (χ1) is 12.1. The smallest absolute Gasteiger partial charge is 0.278 e. The molecule has 0 radical (unpaired) electrons. The van der Waals surface area contributed by atoms with Gasteiger partial charge in [0.05, 0.1) is 28.6 Å². The van der Waals surface area contributed by atoms with Crippen LogP contribution < -0.4 is 4.90 Å². The molecule has 6 nitrogen and oxygen atoms in total. The van der Waals surface area contributed by atoms with Gasteiger partial charge in [-0.15, -0.1) is 0 Å². The normalized spacial score (nSPS) is 17.3. The van der Waals surface area contributed by atoms with Crippen LogP contribution in [0.2, 0.25) is 0 Å². The van der Waals surface area contributed by atoms with Gasteiger partial charge in [0.1, 0.15) is 5.69 Å². The average molecular weight is 356 g/mol. The summed E-state index contributed by atoms with van der Waals surface area (Å²) in [6, 6.07) is 9.76. The maximum Gasteiger partial charge on any atom is 0.278 e. The number of para-hydroxylation sites is 1. The van der Waals surface area contributed by atoms with Crippen molar-refractivity contribution in [3.8, 4) is 0 Å². The fourth-order valence-corrected chi connectivity index (χ4v) is 4.14. The Hall–Kier alpha value is -2.25. The first-order valence-corrected chi connectivity index (χ1v) is 9.23. The predicted octanol–water partition coefficient (Wildman–Crippen LogP) is 3.16. The number of thiazole rings is 1. The molecule has 0 aliphatic carbocycles. The van der Waals surface area contributed by atoms with Gasteiger partial charge in [-0.3, -0.25) is 14.4 Å². The van der Waals surface area contributed by atoms with E-state index in [2.05, 4.69) is 10.1 Å². The summed E-state index contributed by atoms with van der Waals surface area (Å²) in [5.74, 6) is -0.0855. The van der Waals surface area contributed by atoms with Gasteiger partial charge in [-0.1, -0.05) is 23.5 Å². The highest BCUT2D eigenvalue weighted by molar-refractivity contribution is 7.22. The Morgan fingerprint density at radius 1 is 1.44 bits per heavy atom. The molecule has 1 fully saturated rings. The summed E-state index contributed by atoms with van der Waals surface area (Å²) in [4.78, 5) is 19.6. The summed E-state index contributed by atoms with van der Waals surface area (Å²) >= 11 is 1.53. The molecule has 130 valence electrons. The molecule has 2 aromatic heterocycles. The molecule has 7 heteroatoms. The number of benzene rings is 1. The van der Waals surface area contributed by atoms with Gasteiger partial charge in [-0.25, -0.2) is 4.98 Å². The van der Waals surface area contributed by atoms with Crippen LogP contribution in [0, 0.1) is 6.92 Å². The van der Waals surface area contributed by atoms with Gasteiger partial charge < -0.3 is 4.74 Å². The Bertz CT molecular complexity index is 878. The summed E-state index contributed by atoms with van der Waals surface area (Å²) in [5, 5.41) is 5.01. The van der Waals surface area contributed by atoms with E-state index in [-0.39, 0.29) is 12.0 Å². The van der Waals surface area contributed by atoms with E-state index in [9.17, 15) is 4.79 Å². The summed E-state index contributed by atoms with van der Waals surface area (Å²) in [6.45, 7) is 3.17. The van der Waals surface area contributed by atoms with E-state index in [4.69, 9.17) is 4.74 Å². The second kappa shape index (κ2) is 6.57. The predicted molar refractivity (Wildman–Crippen MR) is 98.2 cm³/mol. The largest absolute Gasteiger partial charge is 0.376 e. The topological polar surface area (TPSA) is 60.3 Å². The minimum Gasteiger partial charge on any atom is -0.376 e. The number of rotatable bonds is 4. The number of amides is 1. The van der Waals surface area contributed by atoms with Crippen molar-refractivity contribution in [3.05, 3.63) is 41.7 Å². The van der Waals surface area contributed by atoms with Crippen LogP contribution in [0.1, 0.15) is 29.0 Å². The third-order valence-electron chi connectivity index (χ3n) is 4.39. The van der Waals surface area contributed by atoms with Crippen LogP contribution in [0.25, 0.3) is 10.2 Å². The molecule has 0 bridgehead atoms. The first kappa shape index (κ1) is 16.2. The standard InChI is InChI=1S/C18H20N4O2S/c1-12-10-15(21(2)20-12)17(23)22(11-13-6-5-9-24-13)18-19-14-7-3-4-8-16(14)25-18/h3-4,7-8,10,13H,5-6,9,11H2,1-2H3. The second-order valence-electron chi connectivity index (χ2n) is 6.31. The van der Waals surface area contributed by atoms with Crippen molar-refractivity contribution in [3.63, 3.8) is 0 Å². The van der Waals surface area contributed by atoms with Crippen LogP contribution in [0.15, 0.2) is 30.3 Å². The minimum atomic E-state index is -0.0855. The van der Waals surface area contributed by atoms with Gasteiger partial charge in [-0.2, -0.15) is 5.10 Å². The van der Waals surface area contributed by atoms with Gasteiger partial charge in [0.2, 0.25) is 0 Å². The molecule has 0 saturated carbocycles.